The highest BCUT2D eigenvalue weighted by Crippen LogP contribution is 2.16. The van der Waals surface area contributed by atoms with Gasteiger partial charge >= 0.3 is 0 Å². The van der Waals surface area contributed by atoms with E-state index in [1.54, 1.807) is 12.1 Å². The number of nitrogens with zero attached hydrogens (tertiary/aromatic N) is 1. The molecule has 1 N–H and O–H groups in total. The van der Waals surface area contributed by atoms with E-state index < -0.39 is 0 Å². The lowest BCUT2D eigenvalue weighted by molar-refractivity contribution is 0.462. The lowest BCUT2D eigenvalue weighted by Gasteiger charge is -2.20. The molecular formula is C17H22N2O. The van der Waals surface area contributed by atoms with Gasteiger partial charge in [0, 0.05) is 31.1 Å². The minimum atomic E-state index is 0.0506. The minimum absolute atomic E-state index is 0.0506. The van der Waals surface area contributed by atoms with Crippen LogP contribution in [0.3, 0.4) is 0 Å². The summed E-state index contributed by atoms with van der Waals surface area (Å²) in [5.41, 5.74) is 2.60. The second kappa shape index (κ2) is 7.06. The van der Waals surface area contributed by atoms with E-state index in [2.05, 4.69) is 48.0 Å². The summed E-state index contributed by atoms with van der Waals surface area (Å²) >= 11 is 0. The number of hydrogen-bond acceptors (Lipinski definition) is 2. The Kier molecular flexibility index (Phi) is 5.13. The van der Waals surface area contributed by atoms with Crippen molar-refractivity contribution < 1.29 is 0 Å². The van der Waals surface area contributed by atoms with E-state index >= 15 is 0 Å². The van der Waals surface area contributed by atoms with Gasteiger partial charge in [-0.15, -0.1) is 0 Å². The highest BCUT2D eigenvalue weighted by molar-refractivity contribution is 5.24. The summed E-state index contributed by atoms with van der Waals surface area (Å²) in [6, 6.07) is 12.1. The van der Waals surface area contributed by atoms with Crippen molar-refractivity contribution in [2.24, 2.45) is 0 Å². The molecule has 2 aromatic rings. The zero-order valence-electron chi connectivity index (χ0n) is 12.2. The first-order valence-electron chi connectivity index (χ1n) is 7.15. The van der Waals surface area contributed by atoms with Crippen molar-refractivity contribution in [2.45, 2.75) is 32.9 Å². The third kappa shape index (κ3) is 4.07. The second-order valence-corrected chi connectivity index (χ2v) is 5.15. The Morgan fingerprint density at radius 1 is 1.10 bits per heavy atom. The molecule has 0 amide bonds. The maximum Gasteiger partial charge on any atom is 0.181 e. The highest BCUT2D eigenvalue weighted by atomic mass is 16.1. The Morgan fingerprint density at radius 3 is 2.35 bits per heavy atom. The Morgan fingerprint density at radius 2 is 1.75 bits per heavy atom. The van der Waals surface area contributed by atoms with Crippen LogP contribution in [0.2, 0.25) is 0 Å². The predicted octanol–water partition coefficient (Wildman–Crippen LogP) is 2.90. The molecule has 0 aliphatic rings. The molecule has 1 heterocycles. The summed E-state index contributed by atoms with van der Waals surface area (Å²) in [6.45, 7) is 6.07. The number of benzene rings is 1. The van der Waals surface area contributed by atoms with Gasteiger partial charge in [-0.3, -0.25) is 4.79 Å². The van der Waals surface area contributed by atoms with Crippen LogP contribution in [-0.2, 0) is 6.54 Å². The van der Waals surface area contributed by atoms with Crippen LogP contribution >= 0.6 is 0 Å². The lowest BCUT2D eigenvalue weighted by atomic mass is 10.0. The molecule has 0 saturated carbocycles. The summed E-state index contributed by atoms with van der Waals surface area (Å²) in [5.74, 6) is 0. The molecule has 3 nitrogen and oxygen atoms in total. The van der Waals surface area contributed by atoms with E-state index in [-0.39, 0.29) is 11.5 Å². The number of pyridine rings is 1. The number of nitrogens with one attached hydrogen (secondary N) is 1. The molecule has 0 saturated heterocycles. The summed E-state index contributed by atoms with van der Waals surface area (Å²) in [7, 11) is 0. The van der Waals surface area contributed by atoms with E-state index in [1.165, 1.54) is 11.1 Å². The monoisotopic (exact) mass is 270 g/mol. The Hall–Kier alpha value is -1.87. The number of aryl methyl sites for hydroxylation is 1. The van der Waals surface area contributed by atoms with Crippen LogP contribution in [0.5, 0.6) is 0 Å². The topological polar surface area (TPSA) is 34.0 Å². The predicted molar refractivity (Wildman–Crippen MR) is 82.9 cm³/mol. The van der Waals surface area contributed by atoms with Gasteiger partial charge in [0.25, 0.3) is 0 Å². The van der Waals surface area contributed by atoms with E-state index in [4.69, 9.17) is 0 Å². The van der Waals surface area contributed by atoms with Crippen LogP contribution in [0, 0.1) is 6.92 Å². The van der Waals surface area contributed by atoms with Gasteiger partial charge < -0.3 is 9.88 Å². The molecule has 2 rings (SSSR count). The quantitative estimate of drug-likeness (QED) is 0.875. The molecule has 1 unspecified atom stereocenters. The average Bonchev–Trinajstić information content (AvgIpc) is 2.46. The van der Waals surface area contributed by atoms with Crippen LogP contribution < -0.4 is 10.7 Å². The van der Waals surface area contributed by atoms with Gasteiger partial charge in [0.15, 0.2) is 5.43 Å². The fourth-order valence-electron chi connectivity index (χ4n) is 2.18. The summed E-state index contributed by atoms with van der Waals surface area (Å²) in [5, 5.41) is 3.57. The van der Waals surface area contributed by atoms with E-state index in [9.17, 15) is 4.79 Å². The summed E-state index contributed by atoms with van der Waals surface area (Å²) in [6.07, 6.45) is 4.79. The van der Waals surface area contributed by atoms with Gasteiger partial charge in [-0.25, -0.2) is 0 Å². The fraction of sp³-hybridized carbons (Fsp3) is 0.353. The Bertz CT molecular complexity index is 566. The molecule has 0 radical (unpaired) electrons. The van der Waals surface area contributed by atoms with Crippen LogP contribution in [0.25, 0.3) is 0 Å². The number of rotatable bonds is 6. The first kappa shape index (κ1) is 14.5. The zero-order valence-corrected chi connectivity index (χ0v) is 12.2. The molecule has 106 valence electrons. The van der Waals surface area contributed by atoms with Gasteiger partial charge in [0.05, 0.1) is 6.04 Å². The van der Waals surface area contributed by atoms with Crippen LogP contribution in [0.1, 0.15) is 30.5 Å². The van der Waals surface area contributed by atoms with Crippen molar-refractivity contribution >= 4 is 0 Å². The van der Waals surface area contributed by atoms with Crippen molar-refractivity contribution in [3.63, 3.8) is 0 Å². The van der Waals surface area contributed by atoms with E-state index in [0.717, 1.165) is 19.5 Å². The molecule has 20 heavy (non-hydrogen) atoms. The molecule has 1 aromatic heterocycles. The standard InChI is InChI=1S/C17H22N2O/c1-3-10-18-17(15-6-4-14(2)5-7-15)13-19-11-8-16(20)9-12-19/h4-9,11-12,17-18H,3,10,13H2,1-2H3. The molecule has 1 atom stereocenters. The van der Waals surface area contributed by atoms with Gasteiger partial charge in [-0.05, 0) is 25.5 Å². The average molecular weight is 270 g/mol. The molecule has 0 bridgehead atoms. The van der Waals surface area contributed by atoms with Gasteiger partial charge in [-0.2, -0.15) is 0 Å². The maximum absolute atomic E-state index is 11.2. The first-order chi connectivity index (χ1) is 9.69. The first-order valence-corrected chi connectivity index (χ1v) is 7.15. The normalized spacial score (nSPS) is 12.3. The van der Waals surface area contributed by atoms with Gasteiger partial charge in [-0.1, -0.05) is 36.8 Å². The highest BCUT2D eigenvalue weighted by Gasteiger charge is 2.10. The largest absolute Gasteiger partial charge is 0.352 e. The summed E-state index contributed by atoms with van der Waals surface area (Å²) < 4.78 is 2.05. The van der Waals surface area contributed by atoms with Gasteiger partial charge in [0.2, 0.25) is 0 Å². The van der Waals surface area contributed by atoms with Crippen molar-refractivity contribution in [3.8, 4) is 0 Å². The lowest BCUT2D eigenvalue weighted by Crippen LogP contribution is -2.26. The third-order valence-corrected chi connectivity index (χ3v) is 3.37. The Balaban J connectivity index is 2.16. The van der Waals surface area contributed by atoms with Crippen molar-refractivity contribution in [1.29, 1.82) is 0 Å². The van der Waals surface area contributed by atoms with Crippen molar-refractivity contribution in [2.75, 3.05) is 6.54 Å². The maximum atomic E-state index is 11.2. The van der Waals surface area contributed by atoms with E-state index in [0.29, 0.717) is 0 Å². The Labute approximate surface area is 120 Å². The minimum Gasteiger partial charge on any atom is -0.352 e. The summed E-state index contributed by atoms with van der Waals surface area (Å²) in [4.78, 5) is 11.2. The zero-order chi connectivity index (χ0) is 14.4. The molecular weight excluding hydrogens is 248 g/mol. The number of hydrogen-bond donors (Lipinski definition) is 1. The van der Waals surface area contributed by atoms with Crippen LogP contribution in [0.4, 0.5) is 0 Å². The second-order valence-electron chi connectivity index (χ2n) is 5.15. The van der Waals surface area contributed by atoms with Crippen LogP contribution in [-0.4, -0.2) is 11.1 Å². The molecule has 0 aliphatic heterocycles. The SMILES string of the molecule is CCCNC(Cn1ccc(=O)cc1)c1ccc(C)cc1. The molecule has 0 spiro atoms. The van der Waals surface area contributed by atoms with Crippen molar-refractivity contribution in [1.82, 2.24) is 9.88 Å². The smallest absolute Gasteiger partial charge is 0.181 e. The molecule has 3 heteroatoms. The fourth-order valence-corrected chi connectivity index (χ4v) is 2.18. The third-order valence-electron chi connectivity index (χ3n) is 3.37. The number of aromatic nitrogens is 1. The molecule has 1 aromatic carbocycles. The molecule has 0 aliphatic carbocycles. The molecule has 0 fully saturated rings. The van der Waals surface area contributed by atoms with Crippen molar-refractivity contribution in [3.05, 3.63) is 70.1 Å². The van der Waals surface area contributed by atoms with Gasteiger partial charge in [0.1, 0.15) is 0 Å². The van der Waals surface area contributed by atoms with Crippen LogP contribution in [0.15, 0.2) is 53.6 Å². The van der Waals surface area contributed by atoms with E-state index in [1.807, 2.05) is 12.4 Å².